The Hall–Kier alpha value is -1.33. The summed E-state index contributed by atoms with van der Waals surface area (Å²) in [5.74, 6) is -0.0100. The Balaban J connectivity index is 1.87. The van der Waals surface area contributed by atoms with Gasteiger partial charge in [-0.05, 0) is 26.1 Å². The second-order valence-electron chi connectivity index (χ2n) is 4.87. The van der Waals surface area contributed by atoms with Crippen molar-refractivity contribution < 1.29 is 9.13 Å². The Bertz CT molecular complexity index is 414. The molecule has 1 saturated heterocycles. The number of piperazine rings is 1. The molecule has 0 aromatic heterocycles. The van der Waals surface area contributed by atoms with Crippen molar-refractivity contribution in [1.29, 1.82) is 0 Å². The summed E-state index contributed by atoms with van der Waals surface area (Å²) in [5.41, 5.74) is 0.788. The van der Waals surface area contributed by atoms with Crippen molar-refractivity contribution in [3.63, 3.8) is 0 Å². The van der Waals surface area contributed by atoms with Crippen LogP contribution < -0.4 is 15.4 Å². The molecule has 1 atom stereocenters. The molecule has 0 aliphatic carbocycles. The van der Waals surface area contributed by atoms with Crippen LogP contribution in [0.25, 0.3) is 0 Å². The Morgan fingerprint density at radius 1 is 1.53 bits per heavy atom. The third-order valence-electron chi connectivity index (χ3n) is 3.24. The van der Waals surface area contributed by atoms with Crippen molar-refractivity contribution in [1.82, 2.24) is 10.2 Å². The first kappa shape index (κ1) is 14.1. The Labute approximate surface area is 113 Å². The van der Waals surface area contributed by atoms with Crippen LogP contribution in [0.3, 0.4) is 0 Å². The average Bonchev–Trinajstić information content (AvgIpc) is 2.39. The summed E-state index contributed by atoms with van der Waals surface area (Å²) in [6, 6.07) is 5.40. The fraction of sp³-hybridized carbons (Fsp3) is 0.571. The van der Waals surface area contributed by atoms with Gasteiger partial charge >= 0.3 is 0 Å². The number of anilines is 1. The van der Waals surface area contributed by atoms with Crippen molar-refractivity contribution in [3.8, 4) is 5.75 Å². The molecule has 1 heterocycles. The summed E-state index contributed by atoms with van der Waals surface area (Å²) in [6.45, 7) is 6.19. The maximum absolute atomic E-state index is 13.7. The van der Waals surface area contributed by atoms with Crippen LogP contribution in [0.2, 0.25) is 0 Å². The van der Waals surface area contributed by atoms with Gasteiger partial charge in [0.2, 0.25) is 0 Å². The number of halogens is 1. The number of hydrogen-bond donors (Lipinski definition) is 2. The molecular formula is C14H22FN3O. The number of nitrogens with zero attached hydrogens (tertiary/aromatic N) is 1. The summed E-state index contributed by atoms with van der Waals surface area (Å²) in [4.78, 5) is 2.29. The Kier molecular flexibility index (Phi) is 4.99. The zero-order chi connectivity index (χ0) is 13.7. The van der Waals surface area contributed by atoms with Gasteiger partial charge in [0.1, 0.15) is 0 Å². The second kappa shape index (κ2) is 6.73. The van der Waals surface area contributed by atoms with E-state index in [2.05, 4.69) is 22.6 Å². The highest BCUT2D eigenvalue weighted by molar-refractivity contribution is 5.47. The Morgan fingerprint density at radius 2 is 2.37 bits per heavy atom. The van der Waals surface area contributed by atoms with Gasteiger partial charge in [0.25, 0.3) is 0 Å². The largest absolute Gasteiger partial charge is 0.491 e. The summed E-state index contributed by atoms with van der Waals surface area (Å²) in [6.07, 6.45) is 0. The predicted octanol–water partition coefficient (Wildman–Crippen LogP) is 1.54. The lowest BCUT2D eigenvalue weighted by molar-refractivity contribution is 0.244. The van der Waals surface area contributed by atoms with Crippen molar-refractivity contribution in [2.75, 3.05) is 45.2 Å². The van der Waals surface area contributed by atoms with Gasteiger partial charge in [-0.1, -0.05) is 0 Å². The number of rotatable bonds is 5. The van der Waals surface area contributed by atoms with Gasteiger partial charge in [-0.3, -0.25) is 0 Å². The topological polar surface area (TPSA) is 36.5 Å². The molecule has 5 heteroatoms. The lowest BCUT2D eigenvalue weighted by atomic mass is 10.2. The van der Waals surface area contributed by atoms with E-state index in [0.717, 1.165) is 31.9 Å². The molecule has 1 aromatic carbocycles. The van der Waals surface area contributed by atoms with E-state index in [1.165, 1.54) is 6.07 Å². The molecule has 106 valence electrons. The highest BCUT2D eigenvalue weighted by Crippen LogP contribution is 2.21. The first-order valence-electron chi connectivity index (χ1n) is 6.77. The number of likely N-dealkylation sites (N-methyl/N-ethyl adjacent to an activating group) is 1. The van der Waals surface area contributed by atoms with E-state index < -0.39 is 0 Å². The molecule has 2 rings (SSSR count). The summed E-state index contributed by atoms with van der Waals surface area (Å²) in [7, 11) is 2.12. The minimum atomic E-state index is -0.319. The lowest BCUT2D eigenvalue weighted by Crippen LogP contribution is -2.51. The third-order valence-corrected chi connectivity index (χ3v) is 3.24. The predicted molar refractivity (Wildman–Crippen MR) is 75.3 cm³/mol. The van der Waals surface area contributed by atoms with Crippen LogP contribution in [0.5, 0.6) is 5.75 Å². The quantitative estimate of drug-likeness (QED) is 0.848. The van der Waals surface area contributed by atoms with Gasteiger partial charge in [-0.25, -0.2) is 4.39 Å². The molecule has 2 N–H and O–H groups in total. The minimum Gasteiger partial charge on any atom is -0.491 e. The van der Waals surface area contributed by atoms with Crippen LogP contribution in [0.15, 0.2) is 18.2 Å². The van der Waals surface area contributed by atoms with E-state index in [1.807, 2.05) is 13.0 Å². The van der Waals surface area contributed by atoms with Gasteiger partial charge in [0, 0.05) is 44.0 Å². The molecule has 0 spiro atoms. The van der Waals surface area contributed by atoms with Crippen LogP contribution in [-0.2, 0) is 0 Å². The van der Waals surface area contributed by atoms with Crippen molar-refractivity contribution >= 4 is 5.69 Å². The van der Waals surface area contributed by atoms with Gasteiger partial charge in [0.15, 0.2) is 11.6 Å². The van der Waals surface area contributed by atoms with E-state index >= 15 is 0 Å². The monoisotopic (exact) mass is 267 g/mol. The molecule has 0 bridgehead atoms. The number of hydrogen-bond acceptors (Lipinski definition) is 4. The van der Waals surface area contributed by atoms with Crippen LogP contribution in [0.4, 0.5) is 10.1 Å². The first-order valence-corrected chi connectivity index (χ1v) is 6.77. The number of ether oxygens (including phenoxy) is 1. The maximum Gasteiger partial charge on any atom is 0.167 e. The third kappa shape index (κ3) is 4.08. The highest BCUT2D eigenvalue weighted by atomic mass is 19.1. The fourth-order valence-corrected chi connectivity index (χ4v) is 2.25. The molecule has 4 nitrogen and oxygen atoms in total. The number of benzene rings is 1. The molecule has 19 heavy (non-hydrogen) atoms. The van der Waals surface area contributed by atoms with E-state index in [-0.39, 0.29) is 5.82 Å². The summed E-state index contributed by atoms with van der Waals surface area (Å²) in [5, 5.41) is 6.70. The minimum absolute atomic E-state index is 0.309. The molecule has 0 radical (unpaired) electrons. The van der Waals surface area contributed by atoms with E-state index in [1.54, 1.807) is 6.07 Å². The fourth-order valence-electron chi connectivity index (χ4n) is 2.25. The second-order valence-corrected chi connectivity index (χ2v) is 4.87. The van der Waals surface area contributed by atoms with Crippen molar-refractivity contribution in [2.45, 2.75) is 13.0 Å². The van der Waals surface area contributed by atoms with Gasteiger partial charge in [0.05, 0.1) is 6.61 Å². The summed E-state index contributed by atoms with van der Waals surface area (Å²) >= 11 is 0. The van der Waals surface area contributed by atoms with Crippen molar-refractivity contribution in [2.24, 2.45) is 0 Å². The van der Waals surface area contributed by atoms with E-state index in [4.69, 9.17) is 4.74 Å². The zero-order valence-corrected chi connectivity index (χ0v) is 11.6. The van der Waals surface area contributed by atoms with Gasteiger partial charge in [-0.15, -0.1) is 0 Å². The van der Waals surface area contributed by atoms with Crippen LogP contribution in [0.1, 0.15) is 6.92 Å². The van der Waals surface area contributed by atoms with Crippen LogP contribution in [0, 0.1) is 5.82 Å². The van der Waals surface area contributed by atoms with E-state index in [0.29, 0.717) is 18.4 Å². The molecule has 1 fully saturated rings. The molecule has 0 saturated carbocycles. The Morgan fingerprint density at radius 3 is 3.05 bits per heavy atom. The van der Waals surface area contributed by atoms with Gasteiger partial charge < -0.3 is 20.3 Å². The highest BCUT2D eigenvalue weighted by Gasteiger charge is 2.15. The first-order chi connectivity index (χ1) is 9.19. The normalized spacial score (nSPS) is 20.3. The molecule has 1 aliphatic heterocycles. The summed E-state index contributed by atoms with van der Waals surface area (Å²) < 4.78 is 18.9. The SMILES string of the molecule is CCOc1ccc(NCC2CN(C)CCN2)cc1F. The lowest BCUT2D eigenvalue weighted by Gasteiger charge is -2.31. The standard InChI is InChI=1S/C14H22FN3O/c1-3-19-14-5-4-11(8-13(14)15)17-9-12-10-18(2)7-6-16-12/h4-5,8,12,16-17H,3,6-7,9-10H2,1-2H3. The van der Waals surface area contributed by atoms with Gasteiger partial charge in [-0.2, -0.15) is 0 Å². The maximum atomic E-state index is 13.7. The molecular weight excluding hydrogens is 245 g/mol. The van der Waals surface area contributed by atoms with Crippen molar-refractivity contribution in [3.05, 3.63) is 24.0 Å². The smallest absolute Gasteiger partial charge is 0.167 e. The average molecular weight is 267 g/mol. The van der Waals surface area contributed by atoms with Crippen LogP contribution >= 0.6 is 0 Å². The number of nitrogens with one attached hydrogen (secondary N) is 2. The molecule has 1 aliphatic rings. The molecule has 0 amide bonds. The van der Waals surface area contributed by atoms with Crippen LogP contribution in [-0.4, -0.2) is 50.8 Å². The molecule has 1 aromatic rings. The molecule has 1 unspecified atom stereocenters. The zero-order valence-electron chi connectivity index (χ0n) is 11.6. The van der Waals surface area contributed by atoms with E-state index in [9.17, 15) is 4.39 Å².